The SMILES string of the molecule is CNCCCOCCOCCOCC=NC(O)C1CC(OC)C2CC1C2. The Labute approximate surface area is 157 Å². The number of methoxy groups -OCH3 is 1. The number of nitrogens with zero attached hydrogens (tertiary/aromatic N) is 1. The van der Waals surface area contributed by atoms with Gasteiger partial charge in [0, 0.05) is 25.8 Å². The van der Waals surface area contributed by atoms with Crippen molar-refractivity contribution in [2.24, 2.45) is 22.7 Å². The molecule has 3 fully saturated rings. The molecular weight excluding hydrogens is 336 g/mol. The van der Waals surface area contributed by atoms with Gasteiger partial charge in [0.2, 0.25) is 0 Å². The summed E-state index contributed by atoms with van der Waals surface area (Å²) in [6, 6.07) is 0. The number of aliphatic hydroxyl groups excluding tert-OH is 1. The zero-order valence-electron chi connectivity index (χ0n) is 16.3. The lowest BCUT2D eigenvalue weighted by Crippen LogP contribution is -2.49. The van der Waals surface area contributed by atoms with E-state index in [1.807, 2.05) is 7.05 Å². The third-order valence-electron chi connectivity index (χ3n) is 5.44. The smallest absolute Gasteiger partial charge is 0.147 e. The Balaban J connectivity index is 1.42. The Morgan fingerprint density at radius 3 is 2.42 bits per heavy atom. The lowest BCUT2D eigenvalue weighted by Gasteiger charge is -2.51. The maximum atomic E-state index is 10.3. The number of aliphatic imine (C=N–C) groups is 1. The highest BCUT2D eigenvalue weighted by atomic mass is 16.5. The number of rotatable bonds is 15. The summed E-state index contributed by atoms with van der Waals surface area (Å²) in [7, 11) is 3.70. The van der Waals surface area contributed by atoms with Crippen molar-refractivity contribution in [2.75, 3.05) is 60.3 Å². The van der Waals surface area contributed by atoms with E-state index in [9.17, 15) is 5.11 Å². The van der Waals surface area contributed by atoms with Crippen molar-refractivity contribution in [3.05, 3.63) is 0 Å². The van der Waals surface area contributed by atoms with Crippen LogP contribution in [0, 0.1) is 17.8 Å². The standard InChI is InChI=1S/C19H36N2O5/c1-20-4-3-6-24-8-10-26-11-9-25-7-5-21-19(22)17-14-18(23-2)16-12-15(17)13-16/h5,15-20,22H,3-4,6-14H2,1-2H3. The van der Waals surface area contributed by atoms with Gasteiger partial charge in [0.1, 0.15) is 6.23 Å². The number of hydrogen-bond donors (Lipinski definition) is 2. The molecule has 0 aliphatic heterocycles. The van der Waals surface area contributed by atoms with Crippen LogP contribution in [0.15, 0.2) is 4.99 Å². The zero-order valence-corrected chi connectivity index (χ0v) is 16.3. The fourth-order valence-electron chi connectivity index (χ4n) is 3.86. The second kappa shape index (κ2) is 12.8. The van der Waals surface area contributed by atoms with Crippen molar-refractivity contribution < 1.29 is 24.1 Å². The molecule has 2 bridgehead atoms. The summed E-state index contributed by atoms with van der Waals surface area (Å²) >= 11 is 0. The fourth-order valence-corrected chi connectivity index (χ4v) is 3.86. The van der Waals surface area contributed by atoms with Gasteiger partial charge in [0.25, 0.3) is 0 Å². The molecule has 0 aromatic heterocycles. The summed E-state index contributed by atoms with van der Waals surface area (Å²) < 4.78 is 21.8. The summed E-state index contributed by atoms with van der Waals surface area (Å²) in [6.07, 6.45) is 5.58. The van der Waals surface area contributed by atoms with E-state index in [0.29, 0.717) is 44.9 Å². The first-order valence-corrected chi connectivity index (χ1v) is 9.86. The molecule has 0 heterocycles. The predicted octanol–water partition coefficient (Wildman–Crippen LogP) is 1.10. The summed E-state index contributed by atoms with van der Waals surface area (Å²) in [5, 5.41) is 13.4. The Morgan fingerprint density at radius 2 is 1.73 bits per heavy atom. The van der Waals surface area contributed by atoms with Crippen LogP contribution in [0.4, 0.5) is 0 Å². The Kier molecular flexibility index (Phi) is 10.7. The molecule has 3 aliphatic rings. The van der Waals surface area contributed by atoms with Gasteiger partial charge in [-0.2, -0.15) is 0 Å². The van der Waals surface area contributed by atoms with E-state index in [-0.39, 0.29) is 12.0 Å². The van der Waals surface area contributed by atoms with Crippen LogP contribution in [0.3, 0.4) is 0 Å². The van der Waals surface area contributed by atoms with Crippen molar-refractivity contribution in [1.82, 2.24) is 5.32 Å². The van der Waals surface area contributed by atoms with Crippen LogP contribution in [0.1, 0.15) is 25.7 Å². The van der Waals surface area contributed by atoms with Crippen LogP contribution in [0.5, 0.6) is 0 Å². The van der Waals surface area contributed by atoms with Crippen LogP contribution in [0.25, 0.3) is 0 Å². The van der Waals surface area contributed by atoms with E-state index in [2.05, 4.69) is 10.3 Å². The second-order valence-corrected chi connectivity index (χ2v) is 7.17. The first-order valence-electron chi connectivity index (χ1n) is 9.86. The molecule has 3 atom stereocenters. The maximum Gasteiger partial charge on any atom is 0.147 e. The lowest BCUT2D eigenvalue weighted by atomic mass is 9.58. The summed E-state index contributed by atoms with van der Waals surface area (Å²) in [4.78, 5) is 4.26. The van der Waals surface area contributed by atoms with Gasteiger partial charge in [-0.3, -0.25) is 4.99 Å². The molecule has 3 saturated carbocycles. The van der Waals surface area contributed by atoms with Crippen LogP contribution in [-0.2, 0) is 18.9 Å². The van der Waals surface area contributed by atoms with Crippen molar-refractivity contribution in [3.63, 3.8) is 0 Å². The van der Waals surface area contributed by atoms with E-state index < -0.39 is 6.23 Å². The molecule has 7 nitrogen and oxygen atoms in total. The molecule has 7 heteroatoms. The number of nitrogens with one attached hydrogen (secondary N) is 1. The lowest BCUT2D eigenvalue weighted by molar-refractivity contribution is -0.115. The molecule has 3 rings (SSSR count). The number of aliphatic hydroxyl groups is 1. The molecule has 0 aromatic rings. The van der Waals surface area contributed by atoms with Crippen molar-refractivity contribution in [1.29, 1.82) is 0 Å². The Bertz CT molecular complexity index is 390. The number of fused-ring (bicyclic) bond motifs is 2. The van der Waals surface area contributed by atoms with Gasteiger partial charge in [-0.05, 0) is 51.1 Å². The second-order valence-electron chi connectivity index (χ2n) is 7.17. The Hall–Kier alpha value is -0.570. The van der Waals surface area contributed by atoms with Gasteiger partial charge in [-0.1, -0.05) is 0 Å². The van der Waals surface area contributed by atoms with Gasteiger partial charge < -0.3 is 29.4 Å². The molecular formula is C19H36N2O5. The monoisotopic (exact) mass is 372 g/mol. The van der Waals surface area contributed by atoms with Crippen LogP contribution in [0.2, 0.25) is 0 Å². The van der Waals surface area contributed by atoms with Gasteiger partial charge in [0.15, 0.2) is 0 Å². The molecule has 3 unspecified atom stereocenters. The van der Waals surface area contributed by atoms with Crippen LogP contribution in [-0.4, -0.2) is 84.0 Å². The van der Waals surface area contributed by atoms with Gasteiger partial charge >= 0.3 is 0 Å². The van der Waals surface area contributed by atoms with Crippen molar-refractivity contribution in [3.8, 4) is 0 Å². The minimum Gasteiger partial charge on any atom is -0.381 e. The normalized spacial score (nSPS) is 29.0. The van der Waals surface area contributed by atoms with E-state index >= 15 is 0 Å². The maximum absolute atomic E-state index is 10.3. The highest BCUT2D eigenvalue weighted by Crippen LogP contribution is 2.51. The molecule has 0 amide bonds. The van der Waals surface area contributed by atoms with E-state index in [4.69, 9.17) is 18.9 Å². The molecule has 0 saturated heterocycles. The van der Waals surface area contributed by atoms with Gasteiger partial charge in [0.05, 0.1) is 39.1 Å². The van der Waals surface area contributed by atoms with Gasteiger partial charge in [-0.25, -0.2) is 0 Å². The molecule has 0 aromatic carbocycles. The minimum absolute atomic E-state index is 0.220. The fraction of sp³-hybridized carbons (Fsp3) is 0.947. The quantitative estimate of drug-likeness (QED) is 0.331. The first-order chi connectivity index (χ1) is 12.8. The summed E-state index contributed by atoms with van der Waals surface area (Å²) in [5.74, 6) is 1.52. The van der Waals surface area contributed by atoms with E-state index in [0.717, 1.165) is 26.0 Å². The van der Waals surface area contributed by atoms with E-state index in [1.165, 1.54) is 12.8 Å². The molecule has 0 radical (unpaired) electrons. The average Bonchev–Trinajstić information content (AvgIpc) is 2.64. The largest absolute Gasteiger partial charge is 0.381 e. The molecule has 26 heavy (non-hydrogen) atoms. The first kappa shape index (κ1) is 21.7. The minimum atomic E-state index is -0.640. The van der Waals surface area contributed by atoms with Crippen molar-refractivity contribution >= 4 is 6.21 Å². The van der Waals surface area contributed by atoms with E-state index in [1.54, 1.807) is 13.3 Å². The molecule has 3 aliphatic carbocycles. The van der Waals surface area contributed by atoms with Crippen molar-refractivity contribution in [2.45, 2.75) is 38.0 Å². The van der Waals surface area contributed by atoms with Crippen LogP contribution >= 0.6 is 0 Å². The summed E-state index contributed by atoms with van der Waals surface area (Å²) in [5.41, 5.74) is 0. The van der Waals surface area contributed by atoms with Crippen LogP contribution < -0.4 is 5.32 Å². The average molecular weight is 373 g/mol. The molecule has 0 spiro atoms. The van der Waals surface area contributed by atoms with Gasteiger partial charge in [-0.15, -0.1) is 0 Å². The highest BCUT2D eigenvalue weighted by molar-refractivity contribution is 5.58. The highest BCUT2D eigenvalue weighted by Gasteiger charge is 2.48. The number of hydrogen-bond acceptors (Lipinski definition) is 7. The summed E-state index contributed by atoms with van der Waals surface area (Å²) in [6.45, 7) is 4.38. The third-order valence-corrected chi connectivity index (χ3v) is 5.44. The predicted molar refractivity (Wildman–Crippen MR) is 101 cm³/mol. The third kappa shape index (κ3) is 7.21. The number of ether oxygens (including phenoxy) is 4. The topological polar surface area (TPSA) is 81.5 Å². The zero-order chi connectivity index (χ0) is 18.6. The molecule has 152 valence electrons. The molecule has 2 N–H and O–H groups in total. The Morgan fingerprint density at radius 1 is 1.04 bits per heavy atom.